The smallest absolute Gasteiger partial charge is 0.315 e. The Kier molecular flexibility index (Phi) is 7.33. The van der Waals surface area contributed by atoms with Gasteiger partial charge >= 0.3 is 5.97 Å². The van der Waals surface area contributed by atoms with E-state index < -0.39 is 11.5 Å². The van der Waals surface area contributed by atoms with E-state index >= 15 is 0 Å². The van der Waals surface area contributed by atoms with E-state index in [9.17, 15) is 9.90 Å². The Morgan fingerprint density at radius 2 is 1.47 bits per heavy atom. The molecular formula is C29H30N2O3. The number of esters is 1. The van der Waals surface area contributed by atoms with Crippen LogP contribution in [-0.2, 0) is 9.53 Å². The summed E-state index contributed by atoms with van der Waals surface area (Å²) in [6.07, 6.45) is 0.688. The summed E-state index contributed by atoms with van der Waals surface area (Å²) in [4.78, 5) is 13.2. The molecule has 0 aromatic heterocycles. The van der Waals surface area contributed by atoms with E-state index in [1.807, 2.05) is 91.0 Å². The summed E-state index contributed by atoms with van der Waals surface area (Å²) in [5, 5.41) is 20.4. The van der Waals surface area contributed by atoms with Crippen LogP contribution in [0.2, 0.25) is 0 Å². The molecule has 5 heteroatoms. The number of ether oxygens (including phenoxy) is 1. The van der Waals surface area contributed by atoms with Crippen LogP contribution in [0.15, 0.2) is 101 Å². The number of benzene rings is 3. The van der Waals surface area contributed by atoms with Crippen LogP contribution < -0.4 is 0 Å². The van der Waals surface area contributed by atoms with Crippen molar-refractivity contribution in [1.82, 2.24) is 0 Å². The quantitative estimate of drug-likeness (QED) is 0.308. The largest absolute Gasteiger partial charge is 0.465 e. The van der Waals surface area contributed by atoms with Crippen molar-refractivity contribution >= 4 is 17.4 Å². The van der Waals surface area contributed by atoms with Crippen molar-refractivity contribution in [3.63, 3.8) is 0 Å². The highest BCUT2D eigenvalue weighted by molar-refractivity contribution is 6.13. The molecule has 1 N–H and O–H groups in total. The fourth-order valence-corrected chi connectivity index (χ4v) is 4.62. The van der Waals surface area contributed by atoms with Gasteiger partial charge in [0, 0.05) is 23.5 Å². The molecule has 0 bridgehead atoms. The van der Waals surface area contributed by atoms with E-state index in [1.165, 1.54) is 0 Å². The first-order chi connectivity index (χ1) is 16.5. The summed E-state index contributed by atoms with van der Waals surface area (Å²) < 4.78 is 5.46. The third-order valence-corrected chi connectivity index (χ3v) is 6.12. The van der Waals surface area contributed by atoms with Gasteiger partial charge in [0.05, 0.1) is 17.9 Å². The molecule has 34 heavy (non-hydrogen) atoms. The standard InChI is InChI=1S/C29H30N2O3/c1-3-34-28(32)26-24(21-13-7-4-8-14-21)19-29(2,33)20-25(26)30-31-27(22-15-9-5-10-16-22)23-17-11-6-12-18-23/h4-18,24,26,33H,3,19-20H2,1-2H3/b30-25-/t24-,26+,29+/m0/s1. The molecule has 3 atom stereocenters. The monoisotopic (exact) mass is 454 g/mol. The summed E-state index contributed by atoms with van der Waals surface area (Å²) in [6.45, 7) is 3.87. The maximum absolute atomic E-state index is 13.2. The fourth-order valence-electron chi connectivity index (χ4n) is 4.62. The molecule has 3 aromatic rings. The number of hydrogen-bond donors (Lipinski definition) is 1. The highest BCUT2D eigenvalue weighted by Crippen LogP contribution is 2.42. The molecule has 0 heterocycles. The zero-order chi connectivity index (χ0) is 24.0. The Morgan fingerprint density at radius 1 is 0.941 bits per heavy atom. The predicted octanol–water partition coefficient (Wildman–Crippen LogP) is 5.39. The van der Waals surface area contributed by atoms with Gasteiger partial charge in [0.1, 0.15) is 11.6 Å². The van der Waals surface area contributed by atoms with E-state index in [0.29, 0.717) is 17.8 Å². The van der Waals surface area contributed by atoms with Gasteiger partial charge in [0.2, 0.25) is 0 Å². The Hall–Kier alpha value is -3.57. The lowest BCUT2D eigenvalue weighted by molar-refractivity contribution is -0.147. The highest BCUT2D eigenvalue weighted by atomic mass is 16.5. The Balaban J connectivity index is 1.83. The van der Waals surface area contributed by atoms with Crippen molar-refractivity contribution in [2.24, 2.45) is 16.1 Å². The van der Waals surface area contributed by atoms with Crippen molar-refractivity contribution in [2.45, 2.75) is 38.2 Å². The van der Waals surface area contributed by atoms with Crippen molar-refractivity contribution < 1.29 is 14.6 Å². The third-order valence-electron chi connectivity index (χ3n) is 6.12. The van der Waals surface area contributed by atoms with Gasteiger partial charge < -0.3 is 9.84 Å². The number of carbonyl (C=O) groups is 1. The van der Waals surface area contributed by atoms with Crippen LogP contribution in [0.1, 0.15) is 49.3 Å². The molecule has 1 fully saturated rings. The van der Waals surface area contributed by atoms with E-state index in [2.05, 4.69) is 10.2 Å². The van der Waals surface area contributed by atoms with Gasteiger partial charge in [-0.2, -0.15) is 5.10 Å². The second kappa shape index (κ2) is 10.6. The molecule has 0 radical (unpaired) electrons. The molecule has 0 aliphatic heterocycles. The van der Waals surface area contributed by atoms with Crippen molar-refractivity contribution in [2.75, 3.05) is 6.61 Å². The zero-order valence-corrected chi connectivity index (χ0v) is 19.6. The van der Waals surface area contributed by atoms with Gasteiger partial charge in [-0.05, 0) is 25.8 Å². The SMILES string of the molecule is CCOC(=O)[C@H]1/C(=N\N=C(c2ccccc2)c2ccccc2)C[C@](C)(O)C[C@H]1c1ccccc1. The van der Waals surface area contributed by atoms with Crippen LogP contribution in [0.5, 0.6) is 0 Å². The Labute approximate surface area is 200 Å². The average Bonchev–Trinajstić information content (AvgIpc) is 2.85. The molecule has 1 aliphatic carbocycles. The molecule has 0 saturated heterocycles. The number of carbonyl (C=O) groups excluding carboxylic acids is 1. The Bertz CT molecular complexity index is 1110. The summed E-state index contributed by atoms with van der Waals surface area (Å²) in [7, 11) is 0. The topological polar surface area (TPSA) is 71.2 Å². The predicted molar refractivity (Wildman–Crippen MR) is 135 cm³/mol. The van der Waals surface area contributed by atoms with Crippen molar-refractivity contribution in [3.8, 4) is 0 Å². The average molecular weight is 455 g/mol. The molecule has 1 aliphatic rings. The fraction of sp³-hybridized carbons (Fsp3) is 0.276. The molecule has 3 aromatic carbocycles. The van der Waals surface area contributed by atoms with E-state index in [0.717, 1.165) is 16.7 Å². The van der Waals surface area contributed by atoms with Gasteiger partial charge in [-0.25, -0.2) is 0 Å². The summed E-state index contributed by atoms with van der Waals surface area (Å²) in [5.41, 5.74) is 3.05. The van der Waals surface area contributed by atoms with E-state index in [4.69, 9.17) is 4.74 Å². The summed E-state index contributed by atoms with van der Waals surface area (Å²) in [5.74, 6) is -1.20. The van der Waals surface area contributed by atoms with Gasteiger partial charge in [0.25, 0.3) is 0 Å². The molecular weight excluding hydrogens is 424 g/mol. The van der Waals surface area contributed by atoms with Crippen LogP contribution >= 0.6 is 0 Å². The maximum atomic E-state index is 13.2. The number of aliphatic hydroxyl groups is 1. The summed E-state index contributed by atoms with van der Waals surface area (Å²) in [6, 6.07) is 29.5. The second-order valence-electron chi connectivity index (χ2n) is 8.90. The minimum absolute atomic E-state index is 0.250. The molecule has 1 saturated carbocycles. The molecule has 5 nitrogen and oxygen atoms in total. The minimum atomic E-state index is -1.02. The van der Waals surface area contributed by atoms with Crippen LogP contribution in [0.3, 0.4) is 0 Å². The molecule has 0 amide bonds. The minimum Gasteiger partial charge on any atom is -0.465 e. The lowest BCUT2D eigenvalue weighted by Gasteiger charge is -2.39. The molecule has 4 rings (SSSR count). The summed E-state index contributed by atoms with van der Waals surface area (Å²) >= 11 is 0. The normalized spacial score (nSPS) is 23.3. The van der Waals surface area contributed by atoms with Gasteiger partial charge in [-0.15, -0.1) is 5.10 Å². The first kappa shape index (κ1) is 23.6. The molecule has 0 unspecified atom stereocenters. The van der Waals surface area contributed by atoms with E-state index in [-0.39, 0.29) is 24.9 Å². The van der Waals surface area contributed by atoms with E-state index in [1.54, 1.807) is 13.8 Å². The number of hydrogen-bond acceptors (Lipinski definition) is 5. The van der Waals surface area contributed by atoms with Crippen molar-refractivity contribution in [1.29, 1.82) is 0 Å². The van der Waals surface area contributed by atoms with Crippen molar-refractivity contribution in [3.05, 3.63) is 108 Å². The molecule has 174 valence electrons. The number of nitrogens with zero attached hydrogens (tertiary/aromatic N) is 2. The third kappa shape index (κ3) is 5.49. The maximum Gasteiger partial charge on any atom is 0.315 e. The highest BCUT2D eigenvalue weighted by Gasteiger charge is 2.45. The molecule has 0 spiro atoms. The zero-order valence-electron chi connectivity index (χ0n) is 19.6. The van der Waals surface area contributed by atoms with Gasteiger partial charge in [-0.3, -0.25) is 4.79 Å². The lowest BCUT2D eigenvalue weighted by Crippen LogP contribution is -2.45. The van der Waals surface area contributed by atoms with Crippen LogP contribution in [-0.4, -0.2) is 34.7 Å². The number of rotatable bonds is 6. The Morgan fingerprint density at radius 3 is 2.00 bits per heavy atom. The first-order valence-corrected chi connectivity index (χ1v) is 11.7. The van der Waals surface area contributed by atoms with Crippen LogP contribution in [0.4, 0.5) is 0 Å². The van der Waals surface area contributed by atoms with Gasteiger partial charge in [-0.1, -0.05) is 91.0 Å². The lowest BCUT2D eigenvalue weighted by atomic mass is 9.68. The van der Waals surface area contributed by atoms with Gasteiger partial charge in [0.15, 0.2) is 0 Å². The first-order valence-electron chi connectivity index (χ1n) is 11.7. The van der Waals surface area contributed by atoms with Crippen LogP contribution in [0.25, 0.3) is 0 Å². The van der Waals surface area contributed by atoms with Crippen LogP contribution in [0, 0.1) is 5.92 Å². The second-order valence-corrected chi connectivity index (χ2v) is 8.90.